The van der Waals surface area contributed by atoms with Crippen LogP contribution in [0.15, 0.2) is 81.7 Å². The smallest absolute Gasteiger partial charge is 0.338 e. The van der Waals surface area contributed by atoms with Crippen molar-refractivity contribution < 1.29 is 19.0 Å². The van der Waals surface area contributed by atoms with E-state index in [1.807, 2.05) is 73.7 Å². The molecule has 0 bridgehead atoms. The average molecular weight is 529 g/mol. The number of methoxy groups -OCH3 is 1. The van der Waals surface area contributed by atoms with Crippen molar-refractivity contribution in [3.8, 4) is 11.5 Å². The zero-order chi connectivity index (χ0) is 26.8. The van der Waals surface area contributed by atoms with Gasteiger partial charge in [-0.3, -0.25) is 9.36 Å². The van der Waals surface area contributed by atoms with Gasteiger partial charge in [0.2, 0.25) is 0 Å². The van der Waals surface area contributed by atoms with Crippen LogP contribution in [-0.4, -0.2) is 30.9 Å². The molecule has 1 atom stereocenters. The van der Waals surface area contributed by atoms with Crippen LogP contribution in [0.4, 0.5) is 0 Å². The predicted molar refractivity (Wildman–Crippen MR) is 149 cm³/mol. The first-order valence-electron chi connectivity index (χ1n) is 12.4. The molecular weight excluding hydrogens is 500 g/mol. The molecule has 4 aromatic rings. The SMILES string of the molecule is CCOC(=O)C1=C(C)N=c2s/c(=C/c3ccc(OCC)c(OC)c3)c(=O)n2[C@H]1c1cccc2ccccc12. The number of benzene rings is 3. The van der Waals surface area contributed by atoms with Crippen LogP contribution in [0.25, 0.3) is 16.8 Å². The molecule has 8 heteroatoms. The number of rotatable bonds is 7. The molecule has 0 N–H and O–H groups in total. The van der Waals surface area contributed by atoms with E-state index < -0.39 is 12.0 Å². The zero-order valence-corrected chi connectivity index (χ0v) is 22.5. The lowest BCUT2D eigenvalue weighted by atomic mass is 9.91. The van der Waals surface area contributed by atoms with E-state index in [4.69, 9.17) is 14.2 Å². The summed E-state index contributed by atoms with van der Waals surface area (Å²) >= 11 is 1.29. The molecule has 0 saturated heterocycles. The van der Waals surface area contributed by atoms with Crippen LogP contribution in [0.5, 0.6) is 11.5 Å². The molecular formula is C30H28N2O5S. The minimum atomic E-state index is -0.673. The lowest BCUT2D eigenvalue weighted by Gasteiger charge is -2.25. The monoisotopic (exact) mass is 528 g/mol. The van der Waals surface area contributed by atoms with E-state index in [1.54, 1.807) is 25.5 Å². The van der Waals surface area contributed by atoms with Gasteiger partial charge in [0.15, 0.2) is 16.3 Å². The van der Waals surface area contributed by atoms with Crippen molar-refractivity contribution in [2.24, 2.45) is 4.99 Å². The maximum absolute atomic E-state index is 13.9. The van der Waals surface area contributed by atoms with Gasteiger partial charge in [0, 0.05) is 0 Å². The summed E-state index contributed by atoms with van der Waals surface area (Å²) in [5, 5.41) is 1.98. The van der Waals surface area contributed by atoms with Crippen LogP contribution in [0.1, 0.15) is 37.9 Å². The topological polar surface area (TPSA) is 79.1 Å². The quantitative estimate of drug-likeness (QED) is 0.333. The third kappa shape index (κ3) is 4.52. The molecule has 0 fully saturated rings. The number of nitrogens with zero attached hydrogens (tertiary/aromatic N) is 2. The van der Waals surface area contributed by atoms with E-state index in [0.717, 1.165) is 21.9 Å². The van der Waals surface area contributed by atoms with E-state index in [2.05, 4.69) is 4.99 Å². The summed E-state index contributed by atoms with van der Waals surface area (Å²) in [5.41, 5.74) is 2.31. The van der Waals surface area contributed by atoms with Gasteiger partial charge in [0.1, 0.15) is 0 Å². The normalized spacial score (nSPS) is 15.3. The maximum Gasteiger partial charge on any atom is 0.338 e. The van der Waals surface area contributed by atoms with Crippen molar-refractivity contribution in [1.82, 2.24) is 4.57 Å². The Kier molecular flexibility index (Phi) is 7.15. The fourth-order valence-corrected chi connectivity index (χ4v) is 5.82. The van der Waals surface area contributed by atoms with Gasteiger partial charge in [-0.2, -0.15) is 0 Å². The largest absolute Gasteiger partial charge is 0.493 e. The lowest BCUT2D eigenvalue weighted by Crippen LogP contribution is -2.40. The number of carbonyl (C=O) groups is 1. The van der Waals surface area contributed by atoms with Gasteiger partial charge < -0.3 is 14.2 Å². The molecule has 1 aliphatic rings. The Bertz CT molecular complexity index is 1740. The maximum atomic E-state index is 13.9. The zero-order valence-electron chi connectivity index (χ0n) is 21.7. The predicted octanol–water partition coefficient (Wildman–Crippen LogP) is 4.36. The summed E-state index contributed by atoms with van der Waals surface area (Å²) < 4.78 is 18.6. The van der Waals surface area contributed by atoms with Gasteiger partial charge in [0.05, 0.1) is 42.2 Å². The first-order chi connectivity index (χ1) is 18.5. The van der Waals surface area contributed by atoms with Crippen molar-refractivity contribution in [1.29, 1.82) is 0 Å². The highest BCUT2D eigenvalue weighted by Crippen LogP contribution is 2.35. The highest BCUT2D eigenvalue weighted by Gasteiger charge is 2.34. The number of hydrogen-bond acceptors (Lipinski definition) is 7. The number of aromatic nitrogens is 1. The number of hydrogen-bond donors (Lipinski definition) is 0. The Morgan fingerprint density at radius 1 is 1.05 bits per heavy atom. The molecule has 2 heterocycles. The van der Waals surface area contributed by atoms with E-state index in [1.165, 1.54) is 11.3 Å². The third-order valence-electron chi connectivity index (χ3n) is 6.42. The van der Waals surface area contributed by atoms with Crippen molar-refractivity contribution in [3.05, 3.63) is 103 Å². The molecule has 7 nitrogen and oxygen atoms in total. The van der Waals surface area contributed by atoms with Gasteiger partial charge in [-0.15, -0.1) is 0 Å². The van der Waals surface area contributed by atoms with Gasteiger partial charge in [-0.25, -0.2) is 9.79 Å². The van der Waals surface area contributed by atoms with Crippen LogP contribution in [-0.2, 0) is 9.53 Å². The number of allylic oxidation sites excluding steroid dienone is 1. The Hall–Kier alpha value is -4.17. The summed E-state index contributed by atoms with van der Waals surface area (Å²) in [6, 6.07) is 18.7. The standard InChI is InChI=1S/C30H28N2O5S/c1-5-36-23-15-14-19(16-24(23)35-4)17-25-28(33)32-27(22-13-9-11-20-10-7-8-12-21(20)22)26(29(34)37-6-2)18(3)31-30(32)38-25/h7-17,27H,5-6H2,1-4H3/b25-17+/t27-/m0/s1. The van der Waals surface area contributed by atoms with Crippen molar-refractivity contribution in [2.45, 2.75) is 26.8 Å². The van der Waals surface area contributed by atoms with Crippen LogP contribution >= 0.6 is 11.3 Å². The second-order valence-electron chi connectivity index (χ2n) is 8.71. The van der Waals surface area contributed by atoms with E-state index in [0.29, 0.717) is 38.7 Å². The van der Waals surface area contributed by atoms with Gasteiger partial charge in [0.25, 0.3) is 5.56 Å². The molecule has 0 amide bonds. The number of esters is 1. The number of fused-ring (bicyclic) bond motifs is 2. The highest BCUT2D eigenvalue weighted by molar-refractivity contribution is 7.07. The molecule has 1 aliphatic heterocycles. The van der Waals surface area contributed by atoms with Gasteiger partial charge in [-0.1, -0.05) is 59.9 Å². The minimum Gasteiger partial charge on any atom is -0.493 e. The molecule has 38 heavy (non-hydrogen) atoms. The minimum absolute atomic E-state index is 0.224. The number of thiazole rings is 1. The summed E-state index contributed by atoms with van der Waals surface area (Å²) in [6.45, 7) is 6.21. The average Bonchev–Trinajstić information content (AvgIpc) is 3.22. The molecule has 3 aromatic carbocycles. The van der Waals surface area contributed by atoms with E-state index in [9.17, 15) is 9.59 Å². The second-order valence-corrected chi connectivity index (χ2v) is 9.72. The van der Waals surface area contributed by atoms with Gasteiger partial charge >= 0.3 is 5.97 Å². The third-order valence-corrected chi connectivity index (χ3v) is 7.40. The summed E-state index contributed by atoms with van der Waals surface area (Å²) in [7, 11) is 1.58. The van der Waals surface area contributed by atoms with E-state index in [-0.39, 0.29) is 12.2 Å². The number of carbonyl (C=O) groups excluding carboxylic acids is 1. The number of ether oxygens (including phenoxy) is 3. The Balaban J connectivity index is 1.74. The lowest BCUT2D eigenvalue weighted by molar-refractivity contribution is -0.139. The molecule has 5 rings (SSSR count). The fourth-order valence-electron chi connectivity index (χ4n) is 4.77. The van der Waals surface area contributed by atoms with Crippen molar-refractivity contribution in [3.63, 3.8) is 0 Å². The Labute approximate surface area is 223 Å². The molecule has 0 saturated carbocycles. The highest BCUT2D eigenvalue weighted by atomic mass is 32.1. The van der Waals surface area contributed by atoms with Crippen LogP contribution in [0, 0.1) is 0 Å². The Morgan fingerprint density at radius 2 is 1.84 bits per heavy atom. The molecule has 194 valence electrons. The molecule has 0 spiro atoms. The molecule has 0 radical (unpaired) electrons. The molecule has 1 aromatic heterocycles. The van der Waals surface area contributed by atoms with Crippen molar-refractivity contribution in [2.75, 3.05) is 20.3 Å². The van der Waals surface area contributed by atoms with E-state index >= 15 is 0 Å². The van der Waals surface area contributed by atoms with Crippen LogP contribution in [0.2, 0.25) is 0 Å². The van der Waals surface area contributed by atoms with Crippen LogP contribution < -0.4 is 24.4 Å². The first kappa shape index (κ1) is 25.5. The molecule has 0 aliphatic carbocycles. The Morgan fingerprint density at radius 3 is 2.61 bits per heavy atom. The van der Waals surface area contributed by atoms with Crippen LogP contribution in [0.3, 0.4) is 0 Å². The van der Waals surface area contributed by atoms with Crippen molar-refractivity contribution >= 4 is 34.2 Å². The fraction of sp³-hybridized carbons (Fsp3) is 0.233. The summed E-state index contributed by atoms with van der Waals surface area (Å²) in [4.78, 5) is 32.4. The summed E-state index contributed by atoms with van der Waals surface area (Å²) in [6.07, 6.45) is 1.81. The molecule has 0 unspecified atom stereocenters. The second kappa shape index (κ2) is 10.7. The van der Waals surface area contributed by atoms with Gasteiger partial charge in [-0.05, 0) is 60.9 Å². The summed E-state index contributed by atoms with van der Waals surface area (Å²) in [5.74, 6) is 0.749. The first-order valence-corrected chi connectivity index (χ1v) is 13.3.